The van der Waals surface area contributed by atoms with Gasteiger partial charge in [-0.1, -0.05) is 34.1 Å². The lowest BCUT2D eigenvalue weighted by Crippen LogP contribution is -2.18. The molecule has 1 heterocycles. The van der Waals surface area contributed by atoms with Crippen molar-refractivity contribution in [2.75, 3.05) is 5.88 Å². The molecular formula is C17H15BrClFO. The minimum atomic E-state index is -0.210. The Morgan fingerprint density at radius 2 is 2.10 bits per heavy atom. The Morgan fingerprint density at radius 3 is 2.86 bits per heavy atom. The topological polar surface area (TPSA) is 9.23 Å². The summed E-state index contributed by atoms with van der Waals surface area (Å²) in [6.45, 7) is 0. The van der Waals surface area contributed by atoms with Gasteiger partial charge in [0.25, 0.3) is 0 Å². The van der Waals surface area contributed by atoms with E-state index in [1.165, 1.54) is 11.6 Å². The highest BCUT2D eigenvalue weighted by atomic mass is 79.9. The van der Waals surface area contributed by atoms with Gasteiger partial charge in [-0.2, -0.15) is 0 Å². The highest BCUT2D eigenvalue weighted by molar-refractivity contribution is 9.10. The lowest BCUT2D eigenvalue weighted by molar-refractivity contribution is 0.212. The van der Waals surface area contributed by atoms with Crippen LogP contribution in [-0.2, 0) is 6.42 Å². The van der Waals surface area contributed by atoms with Gasteiger partial charge in [0.05, 0.1) is 0 Å². The van der Waals surface area contributed by atoms with Crippen LogP contribution in [0.2, 0.25) is 0 Å². The second-order valence-corrected chi connectivity index (χ2v) is 6.47. The van der Waals surface area contributed by atoms with Gasteiger partial charge in [0, 0.05) is 28.3 Å². The third-order valence-electron chi connectivity index (χ3n) is 3.84. The second-order valence-electron chi connectivity index (χ2n) is 5.30. The monoisotopic (exact) mass is 368 g/mol. The van der Waals surface area contributed by atoms with Crippen LogP contribution in [0.4, 0.5) is 4.39 Å². The Kier molecular flexibility index (Phi) is 4.51. The summed E-state index contributed by atoms with van der Waals surface area (Å²) in [6.07, 6.45) is 1.62. The van der Waals surface area contributed by atoms with Crippen molar-refractivity contribution in [3.05, 3.63) is 63.9 Å². The van der Waals surface area contributed by atoms with E-state index in [1.54, 1.807) is 12.1 Å². The molecular weight excluding hydrogens is 355 g/mol. The van der Waals surface area contributed by atoms with E-state index in [2.05, 4.69) is 22.0 Å². The number of hydrogen-bond donors (Lipinski definition) is 0. The molecule has 21 heavy (non-hydrogen) atoms. The number of benzene rings is 2. The van der Waals surface area contributed by atoms with Crippen molar-refractivity contribution in [1.29, 1.82) is 0 Å². The highest BCUT2D eigenvalue weighted by Crippen LogP contribution is 2.36. The summed E-state index contributed by atoms with van der Waals surface area (Å²) in [4.78, 5) is 0. The van der Waals surface area contributed by atoms with Gasteiger partial charge >= 0.3 is 0 Å². The van der Waals surface area contributed by atoms with Gasteiger partial charge in [-0.3, -0.25) is 0 Å². The standard InChI is InChI=1S/C17H15BrClFO/c18-16-4-2-1-3-15(16)12(10-19)9-14-8-11-7-13(20)5-6-17(11)21-14/h1-7,12,14H,8-10H2. The molecule has 0 saturated carbocycles. The molecule has 1 aliphatic heterocycles. The molecule has 0 saturated heterocycles. The van der Waals surface area contributed by atoms with Crippen LogP contribution in [0, 0.1) is 5.82 Å². The fraction of sp³-hybridized carbons (Fsp3) is 0.294. The van der Waals surface area contributed by atoms with Gasteiger partial charge in [-0.25, -0.2) is 4.39 Å². The molecule has 0 amide bonds. The minimum absolute atomic E-state index is 0.0534. The Labute approximate surface area is 137 Å². The predicted molar refractivity (Wildman–Crippen MR) is 86.7 cm³/mol. The zero-order valence-corrected chi connectivity index (χ0v) is 13.7. The fourth-order valence-electron chi connectivity index (χ4n) is 2.82. The molecule has 2 aromatic carbocycles. The molecule has 1 nitrogen and oxygen atoms in total. The normalized spacial score (nSPS) is 18.1. The number of hydrogen-bond acceptors (Lipinski definition) is 1. The number of halogens is 3. The van der Waals surface area contributed by atoms with E-state index in [0.717, 1.165) is 28.6 Å². The van der Waals surface area contributed by atoms with Crippen molar-refractivity contribution in [1.82, 2.24) is 0 Å². The Morgan fingerprint density at radius 1 is 1.29 bits per heavy atom. The lowest BCUT2D eigenvalue weighted by atomic mass is 9.93. The molecule has 2 atom stereocenters. The number of ether oxygens (including phenoxy) is 1. The van der Waals surface area contributed by atoms with Gasteiger partial charge in [-0.15, -0.1) is 11.6 Å². The molecule has 0 bridgehead atoms. The van der Waals surface area contributed by atoms with Gasteiger partial charge in [0.1, 0.15) is 17.7 Å². The zero-order valence-electron chi connectivity index (χ0n) is 11.4. The summed E-state index contributed by atoms with van der Waals surface area (Å²) in [5, 5.41) is 0. The maximum atomic E-state index is 13.3. The van der Waals surface area contributed by atoms with E-state index in [-0.39, 0.29) is 17.8 Å². The summed E-state index contributed by atoms with van der Waals surface area (Å²) in [5.41, 5.74) is 2.14. The SMILES string of the molecule is Fc1ccc2c(c1)CC(CC(CCl)c1ccccc1Br)O2. The number of alkyl halides is 1. The molecule has 0 fully saturated rings. The molecule has 0 spiro atoms. The van der Waals surface area contributed by atoms with E-state index in [4.69, 9.17) is 16.3 Å². The van der Waals surface area contributed by atoms with Crippen LogP contribution in [0.25, 0.3) is 0 Å². The number of fused-ring (bicyclic) bond motifs is 1. The fourth-order valence-corrected chi connectivity index (χ4v) is 3.72. The van der Waals surface area contributed by atoms with E-state index < -0.39 is 0 Å². The Hall–Kier alpha value is -1.06. The van der Waals surface area contributed by atoms with E-state index in [9.17, 15) is 4.39 Å². The van der Waals surface area contributed by atoms with Crippen LogP contribution < -0.4 is 4.74 Å². The predicted octanol–water partition coefficient (Wildman–Crippen LogP) is 5.30. The molecule has 2 unspecified atom stereocenters. The number of rotatable bonds is 4. The Bertz CT molecular complexity index is 646. The van der Waals surface area contributed by atoms with Crippen LogP contribution in [0.15, 0.2) is 46.9 Å². The van der Waals surface area contributed by atoms with Crippen LogP contribution in [0.5, 0.6) is 5.75 Å². The van der Waals surface area contributed by atoms with Crippen molar-refractivity contribution >= 4 is 27.5 Å². The maximum absolute atomic E-state index is 13.3. The summed E-state index contributed by atoms with van der Waals surface area (Å²) in [5.74, 6) is 1.33. The van der Waals surface area contributed by atoms with Crippen LogP contribution in [0.3, 0.4) is 0 Å². The van der Waals surface area contributed by atoms with Crippen LogP contribution >= 0.6 is 27.5 Å². The molecule has 0 N–H and O–H groups in total. The van der Waals surface area contributed by atoms with Crippen molar-refractivity contribution in [3.63, 3.8) is 0 Å². The first-order valence-corrected chi connectivity index (χ1v) is 8.25. The molecule has 0 radical (unpaired) electrons. The molecule has 1 aliphatic rings. The molecule has 2 aromatic rings. The average Bonchev–Trinajstić information content (AvgIpc) is 2.87. The van der Waals surface area contributed by atoms with E-state index >= 15 is 0 Å². The third kappa shape index (κ3) is 3.24. The van der Waals surface area contributed by atoms with Crippen molar-refractivity contribution in [2.45, 2.75) is 24.9 Å². The van der Waals surface area contributed by atoms with Crippen molar-refractivity contribution < 1.29 is 9.13 Å². The molecule has 0 aromatic heterocycles. The average molecular weight is 370 g/mol. The Balaban J connectivity index is 1.74. The van der Waals surface area contributed by atoms with Crippen molar-refractivity contribution in [2.24, 2.45) is 0 Å². The molecule has 110 valence electrons. The summed E-state index contributed by atoms with van der Waals surface area (Å²) in [6, 6.07) is 12.8. The maximum Gasteiger partial charge on any atom is 0.123 e. The van der Waals surface area contributed by atoms with E-state index in [1.807, 2.05) is 18.2 Å². The van der Waals surface area contributed by atoms with Crippen LogP contribution in [-0.4, -0.2) is 12.0 Å². The zero-order chi connectivity index (χ0) is 14.8. The lowest BCUT2D eigenvalue weighted by Gasteiger charge is -2.20. The largest absolute Gasteiger partial charge is 0.490 e. The second kappa shape index (κ2) is 6.37. The van der Waals surface area contributed by atoms with Crippen LogP contribution in [0.1, 0.15) is 23.5 Å². The first-order chi connectivity index (χ1) is 10.2. The van der Waals surface area contributed by atoms with Gasteiger partial charge in [0.2, 0.25) is 0 Å². The summed E-state index contributed by atoms with van der Waals surface area (Å²) < 4.78 is 20.2. The smallest absolute Gasteiger partial charge is 0.123 e. The molecule has 0 aliphatic carbocycles. The summed E-state index contributed by atoms with van der Waals surface area (Å²) >= 11 is 9.73. The molecule has 4 heteroatoms. The van der Waals surface area contributed by atoms with Gasteiger partial charge in [-0.05, 0) is 36.2 Å². The van der Waals surface area contributed by atoms with Gasteiger partial charge in [0.15, 0.2) is 0 Å². The third-order valence-corrected chi connectivity index (χ3v) is 4.94. The van der Waals surface area contributed by atoms with Gasteiger partial charge < -0.3 is 4.74 Å². The first kappa shape index (κ1) is 14.9. The summed E-state index contributed by atoms with van der Waals surface area (Å²) in [7, 11) is 0. The first-order valence-electron chi connectivity index (χ1n) is 6.93. The minimum Gasteiger partial charge on any atom is -0.490 e. The quantitative estimate of drug-likeness (QED) is 0.664. The highest BCUT2D eigenvalue weighted by Gasteiger charge is 2.27. The van der Waals surface area contributed by atoms with E-state index in [0.29, 0.717) is 5.88 Å². The van der Waals surface area contributed by atoms with Crippen molar-refractivity contribution in [3.8, 4) is 5.75 Å². The molecule has 3 rings (SSSR count).